The Morgan fingerprint density at radius 1 is 0.848 bits per heavy atom. The number of hydrogen-bond acceptors (Lipinski definition) is 2. The van der Waals surface area contributed by atoms with Crippen molar-refractivity contribution in [3.05, 3.63) is 99.8 Å². The van der Waals surface area contributed by atoms with Crippen molar-refractivity contribution in [2.75, 3.05) is 5.32 Å². The first kappa shape index (κ1) is 22.4. The summed E-state index contributed by atoms with van der Waals surface area (Å²) in [5, 5.41) is 4.41. The number of halogens is 3. The molecule has 2 heterocycles. The van der Waals surface area contributed by atoms with E-state index in [9.17, 15) is 9.18 Å². The number of benzene rings is 3. The Kier molecular flexibility index (Phi) is 6.42. The maximum absolute atomic E-state index is 13.2. The predicted molar refractivity (Wildman–Crippen MR) is 131 cm³/mol. The highest BCUT2D eigenvalue weighted by Gasteiger charge is 2.47. The molecule has 170 valence electrons. The van der Waals surface area contributed by atoms with Crippen molar-refractivity contribution in [3.8, 4) is 0 Å². The van der Waals surface area contributed by atoms with Gasteiger partial charge in [0.1, 0.15) is 5.82 Å². The summed E-state index contributed by atoms with van der Waals surface area (Å²) >= 11 is 13.4. The number of carbonyl (C=O) groups is 1. The van der Waals surface area contributed by atoms with Crippen molar-refractivity contribution < 1.29 is 9.18 Å². The number of anilines is 1. The summed E-state index contributed by atoms with van der Waals surface area (Å²) in [5.41, 5.74) is 2.71. The summed E-state index contributed by atoms with van der Waals surface area (Å²) in [7, 11) is 0. The third kappa shape index (κ3) is 4.52. The van der Waals surface area contributed by atoms with Crippen LogP contribution in [0.2, 0.25) is 10.0 Å². The highest BCUT2D eigenvalue weighted by atomic mass is 35.5. The molecule has 3 aromatic carbocycles. The first-order valence-corrected chi connectivity index (χ1v) is 12.1. The molecule has 2 aliphatic heterocycles. The standard InChI is InChI=1S/C27H25Cl2FN2O/c28-24-7-3-1-5-22(24)26(23-6-2-4-8-25(23)29)32-20-13-14-21(32)16-17(15-20)27(33)31-19-11-9-18(30)10-12-19/h1-12,17,20-21,26H,13-16H2,(H,31,33). The van der Waals surface area contributed by atoms with Gasteiger partial charge in [0, 0.05) is 33.7 Å². The lowest BCUT2D eigenvalue weighted by Crippen LogP contribution is -2.47. The van der Waals surface area contributed by atoms with Crippen LogP contribution in [0.4, 0.5) is 10.1 Å². The van der Waals surface area contributed by atoms with Crippen molar-refractivity contribution in [1.29, 1.82) is 0 Å². The lowest BCUT2D eigenvalue weighted by atomic mass is 9.86. The van der Waals surface area contributed by atoms with Gasteiger partial charge in [0.25, 0.3) is 0 Å². The number of piperidine rings is 1. The van der Waals surface area contributed by atoms with E-state index in [4.69, 9.17) is 23.2 Å². The van der Waals surface area contributed by atoms with Gasteiger partial charge in [-0.15, -0.1) is 0 Å². The van der Waals surface area contributed by atoms with Crippen LogP contribution in [0.1, 0.15) is 42.9 Å². The smallest absolute Gasteiger partial charge is 0.227 e. The third-order valence-electron chi connectivity index (χ3n) is 6.97. The zero-order valence-electron chi connectivity index (χ0n) is 18.1. The van der Waals surface area contributed by atoms with Crippen LogP contribution in [-0.2, 0) is 4.79 Å². The molecule has 6 heteroatoms. The molecule has 1 amide bonds. The van der Waals surface area contributed by atoms with Gasteiger partial charge in [-0.2, -0.15) is 0 Å². The first-order chi connectivity index (χ1) is 16.0. The molecule has 3 aromatic rings. The molecular weight excluding hydrogens is 458 g/mol. The van der Waals surface area contributed by atoms with E-state index < -0.39 is 0 Å². The number of fused-ring (bicyclic) bond motifs is 2. The number of nitrogens with one attached hydrogen (secondary N) is 1. The van der Waals surface area contributed by atoms with E-state index in [1.807, 2.05) is 36.4 Å². The number of rotatable bonds is 5. The Morgan fingerprint density at radius 2 is 1.36 bits per heavy atom. The van der Waals surface area contributed by atoms with E-state index in [1.165, 1.54) is 12.1 Å². The molecule has 2 atom stereocenters. The molecule has 0 aromatic heterocycles. The normalized spacial score (nSPS) is 22.5. The molecule has 2 aliphatic rings. The summed E-state index contributed by atoms with van der Waals surface area (Å²) in [6.07, 6.45) is 3.62. The Bertz CT molecular complexity index is 1090. The molecule has 2 unspecified atom stereocenters. The molecule has 0 saturated carbocycles. The Morgan fingerprint density at radius 3 is 1.88 bits per heavy atom. The van der Waals surface area contributed by atoms with Gasteiger partial charge in [-0.25, -0.2) is 4.39 Å². The Balaban J connectivity index is 1.42. The van der Waals surface area contributed by atoms with Crippen LogP contribution in [0.3, 0.4) is 0 Å². The van der Waals surface area contributed by atoms with Crippen molar-refractivity contribution in [3.63, 3.8) is 0 Å². The SMILES string of the molecule is O=C(Nc1ccc(F)cc1)C1CC2CCC(C1)N2C(c1ccccc1Cl)c1ccccc1Cl. The van der Waals surface area contributed by atoms with Gasteiger partial charge in [0.05, 0.1) is 6.04 Å². The lowest BCUT2D eigenvalue weighted by Gasteiger charge is -2.44. The van der Waals surface area contributed by atoms with Crippen LogP contribution in [-0.4, -0.2) is 22.9 Å². The van der Waals surface area contributed by atoms with Gasteiger partial charge in [-0.05, 0) is 73.2 Å². The minimum absolute atomic E-state index is 0.00481. The molecule has 33 heavy (non-hydrogen) atoms. The highest BCUT2D eigenvalue weighted by molar-refractivity contribution is 6.32. The van der Waals surface area contributed by atoms with Gasteiger partial charge >= 0.3 is 0 Å². The average Bonchev–Trinajstić information content (AvgIpc) is 3.06. The van der Waals surface area contributed by atoms with Crippen LogP contribution in [0.5, 0.6) is 0 Å². The predicted octanol–water partition coefficient (Wildman–Crippen LogP) is 7.10. The summed E-state index contributed by atoms with van der Waals surface area (Å²) in [4.78, 5) is 15.6. The van der Waals surface area contributed by atoms with Crippen molar-refractivity contribution in [2.45, 2.75) is 43.8 Å². The first-order valence-electron chi connectivity index (χ1n) is 11.3. The average molecular weight is 483 g/mol. The van der Waals surface area contributed by atoms with Crippen LogP contribution >= 0.6 is 23.2 Å². The van der Waals surface area contributed by atoms with E-state index in [1.54, 1.807) is 12.1 Å². The molecule has 2 saturated heterocycles. The van der Waals surface area contributed by atoms with E-state index in [0.717, 1.165) is 46.9 Å². The second-order valence-corrected chi connectivity index (χ2v) is 9.76. The molecule has 2 bridgehead atoms. The van der Waals surface area contributed by atoms with Crippen molar-refractivity contribution >= 4 is 34.8 Å². The van der Waals surface area contributed by atoms with Crippen LogP contribution in [0.15, 0.2) is 72.8 Å². The lowest BCUT2D eigenvalue weighted by molar-refractivity contribution is -0.122. The van der Waals surface area contributed by atoms with Gasteiger partial charge in [-0.1, -0.05) is 59.6 Å². The van der Waals surface area contributed by atoms with Crippen LogP contribution in [0.25, 0.3) is 0 Å². The quantitative estimate of drug-likeness (QED) is 0.420. The minimum Gasteiger partial charge on any atom is -0.326 e. The summed E-state index contributed by atoms with van der Waals surface area (Å²) in [6.45, 7) is 0. The highest BCUT2D eigenvalue weighted by Crippen LogP contribution is 2.48. The fraction of sp³-hybridized carbons (Fsp3) is 0.296. The number of hydrogen-bond donors (Lipinski definition) is 1. The molecule has 0 radical (unpaired) electrons. The van der Waals surface area contributed by atoms with Gasteiger partial charge in [0.2, 0.25) is 5.91 Å². The summed E-state index contributed by atoms with van der Waals surface area (Å²) in [5.74, 6) is -0.392. The molecule has 0 aliphatic carbocycles. The second-order valence-electron chi connectivity index (χ2n) is 8.94. The number of carbonyl (C=O) groups excluding carboxylic acids is 1. The number of nitrogens with zero attached hydrogens (tertiary/aromatic N) is 1. The van der Waals surface area contributed by atoms with Gasteiger partial charge < -0.3 is 5.32 Å². The summed E-state index contributed by atoms with van der Waals surface area (Å²) < 4.78 is 13.2. The zero-order valence-corrected chi connectivity index (χ0v) is 19.6. The molecule has 1 N–H and O–H groups in total. The number of amides is 1. The van der Waals surface area contributed by atoms with Crippen molar-refractivity contribution in [1.82, 2.24) is 4.90 Å². The molecule has 3 nitrogen and oxygen atoms in total. The Hall–Kier alpha value is -2.40. The molecule has 5 rings (SSSR count). The van der Waals surface area contributed by atoms with Gasteiger partial charge in [0.15, 0.2) is 0 Å². The molecular formula is C27H25Cl2FN2O. The topological polar surface area (TPSA) is 32.3 Å². The zero-order chi connectivity index (χ0) is 22.9. The maximum Gasteiger partial charge on any atom is 0.227 e. The van der Waals surface area contributed by atoms with Crippen LogP contribution in [0, 0.1) is 11.7 Å². The van der Waals surface area contributed by atoms with E-state index in [0.29, 0.717) is 5.69 Å². The molecule has 2 fully saturated rings. The van der Waals surface area contributed by atoms with Crippen molar-refractivity contribution in [2.24, 2.45) is 5.92 Å². The van der Waals surface area contributed by atoms with E-state index >= 15 is 0 Å². The monoisotopic (exact) mass is 482 g/mol. The fourth-order valence-electron chi connectivity index (χ4n) is 5.51. The van der Waals surface area contributed by atoms with E-state index in [-0.39, 0.29) is 35.8 Å². The minimum atomic E-state index is -0.315. The van der Waals surface area contributed by atoms with E-state index in [2.05, 4.69) is 22.3 Å². The third-order valence-corrected chi connectivity index (χ3v) is 7.66. The fourth-order valence-corrected chi connectivity index (χ4v) is 5.99. The summed E-state index contributed by atoms with van der Waals surface area (Å²) in [6, 6.07) is 22.3. The Labute approximate surface area is 203 Å². The maximum atomic E-state index is 13.2. The largest absolute Gasteiger partial charge is 0.326 e. The second kappa shape index (κ2) is 9.46. The molecule has 0 spiro atoms. The van der Waals surface area contributed by atoms with Gasteiger partial charge in [-0.3, -0.25) is 9.69 Å². The van der Waals surface area contributed by atoms with Crippen LogP contribution < -0.4 is 5.32 Å².